The first-order valence-electron chi connectivity index (χ1n) is 7.72. The number of halogens is 1. The number of hydrogen-bond donors (Lipinski definition) is 0. The number of thioether (sulfide) groups is 1. The number of esters is 1. The van der Waals surface area contributed by atoms with Crippen LogP contribution in [-0.2, 0) is 17.6 Å². The summed E-state index contributed by atoms with van der Waals surface area (Å²) in [6, 6.07) is 10.6. The largest absolute Gasteiger partial charge is 0.465 e. The fraction of sp³-hybridized carbons (Fsp3) is 0.316. The summed E-state index contributed by atoms with van der Waals surface area (Å²) in [7, 11) is 1.46. The number of methoxy groups -OCH3 is 1. The van der Waals surface area contributed by atoms with Gasteiger partial charge in [-0.1, -0.05) is 28.1 Å². The Kier molecular flexibility index (Phi) is 5.12. The van der Waals surface area contributed by atoms with Crippen LogP contribution in [0.4, 0.5) is 0 Å². The van der Waals surface area contributed by atoms with E-state index in [1.165, 1.54) is 35.8 Å². The molecule has 0 amide bonds. The van der Waals surface area contributed by atoms with Crippen LogP contribution < -0.4 is 0 Å². The number of fused-ring (bicyclic) bond motifs is 1. The zero-order valence-corrected chi connectivity index (χ0v) is 15.7. The quantitative estimate of drug-likeness (QED) is 0.510. The van der Waals surface area contributed by atoms with Crippen LogP contribution in [0.5, 0.6) is 0 Å². The maximum absolute atomic E-state index is 12.3. The minimum absolute atomic E-state index is 0.213. The van der Waals surface area contributed by atoms with E-state index < -0.39 is 0 Å². The third-order valence-electron chi connectivity index (χ3n) is 4.38. The van der Waals surface area contributed by atoms with E-state index in [-0.39, 0.29) is 5.97 Å². The second kappa shape index (κ2) is 7.10. The van der Waals surface area contributed by atoms with Crippen molar-refractivity contribution in [3.8, 4) is 11.1 Å². The van der Waals surface area contributed by atoms with Gasteiger partial charge in [0.15, 0.2) is 0 Å². The highest BCUT2D eigenvalue weighted by Crippen LogP contribution is 2.39. The van der Waals surface area contributed by atoms with Crippen LogP contribution in [-0.4, -0.2) is 19.3 Å². The Balaban J connectivity index is 2.25. The maximum atomic E-state index is 12.3. The monoisotopic (exact) mass is 390 g/mol. The van der Waals surface area contributed by atoms with Gasteiger partial charge in [0.25, 0.3) is 0 Å². The summed E-state index contributed by atoms with van der Waals surface area (Å²) in [5.74, 6) is -0.213. The van der Waals surface area contributed by atoms with Crippen LogP contribution in [0, 0.1) is 0 Å². The van der Waals surface area contributed by atoms with Crippen molar-refractivity contribution in [2.45, 2.75) is 30.6 Å². The SMILES string of the molecule is COC(=O)c1c(SC)cc(-c2ccc(Br)cc2)c2c1CCCC2. The van der Waals surface area contributed by atoms with Crippen LogP contribution in [0.15, 0.2) is 39.7 Å². The molecule has 2 aromatic rings. The molecular formula is C19H19BrO2S. The summed E-state index contributed by atoms with van der Waals surface area (Å²) in [6.45, 7) is 0. The van der Waals surface area contributed by atoms with E-state index in [1.54, 1.807) is 11.8 Å². The lowest BCUT2D eigenvalue weighted by Crippen LogP contribution is -2.14. The van der Waals surface area contributed by atoms with Crippen LogP contribution >= 0.6 is 27.7 Å². The molecule has 0 N–H and O–H groups in total. The number of ether oxygens (including phenoxy) is 1. The highest BCUT2D eigenvalue weighted by molar-refractivity contribution is 9.10. The number of carbonyl (C=O) groups excluding carboxylic acids is 1. The molecular weight excluding hydrogens is 372 g/mol. The minimum Gasteiger partial charge on any atom is -0.465 e. The minimum atomic E-state index is -0.213. The molecule has 1 aliphatic carbocycles. The van der Waals surface area contributed by atoms with Crippen LogP contribution in [0.25, 0.3) is 11.1 Å². The average molecular weight is 391 g/mol. The summed E-state index contributed by atoms with van der Waals surface area (Å²) in [5.41, 5.74) is 5.74. The molecule has 0 fully saturated rings. The molecule has 0 saturated carbocycles. The molecule has 2 aromatic carbocycles. The summed E-state index contributed by atoms with van der Waals surface area (Å²) in [4.78, 5) is 13.3. The summed E-state index contributed by atoms with van der Waals surface area (Å²) >= 11 is 5.11. The molecule has 0 aliphatic heterocycles. The fourth-order valence-electron chi connectivity index (χ4n) is 3.29. The number of rotatable bonds is 3. The Morgan fingerprint density at radius 2 is 1.78 bits per heavy atom. The van der Waals surface area contributed by atoms with Gasteiger partial charge in [0, 0.05) is 9.37 Å². The van der Waals surface area contributed by atoms with E-state index in [2.05, 4.69) is 46.3 Å². The van der Waals surface area contributed by atoms with Gasteiger partial charge in [0.05, 0.1) is 12.7 Å². The van der Waals surface area contributed by atoms with Crippen molar-refractivity contribution in [2.75, 3.05) is 13.4 Å². The van der Waals surface area contributed by atoms with Gasteiger partial charge in [0.2, 0.25) is 0 Å². The predicted octanol–water partition coefficient (Wildman–Crippen LogP) is 5.50. The highest BCUT2D eigenvalue weighted by Gasteiger charge is 2.25. The Hall–Kier alpha value is -1.26. The number of benzene rings is 2. The lowest BCUT2D eigenvalue weighted by atomic mass is 9.83. The first-order valence-corrected chi connectivity index (χ1v) is 9.74. The van der Waals surface area contributed by atoms with Crippen molar-refractivity contribution in [1.82, 2.24) is 0 Å². The zero-order valence-electron chi connectivity index (χ0n) is 13.3. The van der Waals surface area contributed by atoms with Gasteiger partial charge < -0.3 is 4.74 Å². The Morgan fingerprint density at radius 1 is 1.13 bits per heavy atom. The third-order valence-corrected chi connectivity index (χ3v) is 5.67. The molecule has 0 aromatic heterocycles. The van der Waals surface area contributed by atoms with Crippen LogP contribution in [0.1, 0.15) is 34.3 Å². The predicted molar refractivity (Wildman–Crippen MR) is 99.3 cm³/mol. The molecule has 3 rings (SSSR count). The van der Waals surface area contributed by atoms with Crippen molar-refractivity contribution in [1.29, 1.82) is 0 Å². The van der Waals surface area contributed by atoms with Gasteiger partial charge in [-0.15, -0.1) is 11.8 Å². The first kappa shape index (κ1) is 16.6. The van der Waals surface area contributed by atoms with E-state index in [9.17, 15) is 4.79 Å². The Bertz CT molecular complexity index is 738. The van der Waals surface area contributed by atoms with E-state index in [0.717, 1.165) is 34.2 Å². The molecule has 0 bridgehead atoms. The normalized spacial score (nSPS) is 13.5. The standard InChI is InChI=1S/C19H19BrO2S/c1-22-19(21)18-15-6-4-3-5-14(15)16(11-17(18)23-2)12-7-9-13(20)10-8-12/h7-11H,3-6H2,1-2H3. The van der Waals surface area contributed by atoms with Gasteiger partial charge in [-0.05, 0) is 72.4 Å². The lowest BCUT2D eigenvalue weighted by molar-refractivity contribution is 0.0595. The summed E-state index contributed by atoms with van der Waals surface area (Å²) in [6.07, 6.45) is 6.31. The molecule has 23 heavy (non-hydrogen) atoms. The van der Waals surface area contributed by atoms with E-state index >= 15 is 0 Å². The zero-order chi connectivity index (χ0) is 16.4. The number of hydrogen-bond acceptors (Lipinski definition) is 3. The van der Waals surface area contributed by atoms with Gasteiger partial charge in [0.1, 0.15) is 0 Å². The molecule has 0 saturated heterocycles. The Morgan fingerprint density at radius 3 is 2.39 bits per heavy atom. The smallest absolute Gasteiger partial charge is 0.339 e. The van der Waals surface area contributed by atoms with Gasteiger partial charge >= 0.3 is 5.97 Å². The summed E-state index contributed by atoms with van der Waals surface area (Å²) < 4.78 is 6.12. The van der Waals surface area contributed by atoms with E-state index in [1.807, 2.05) is 6.26 Å². The van der Waals surface area contributed by atoms with Gasteiger partial charge in [-0.25, -0.2) is 4.79 Å². The van der Waals surface area contributed by atoms with E-state index in [0.29, 0.717) is 0 Å². The van der Waals surface area contributed by atoms with Crippen molar-refractivity contribution in [3.05, 3.63) is 51.5 Å². The van der Waals surface area contributed by atoms with Crippen molar-refractivity contribution < 1.29 is 9.53 Å². The number of carbonyl (C=O) groups is 1. The Labute approximate surface area is 149 Å². The molecule has 0 radical (unpaired) electrons. The van der Waals surface area contributed by atoms with Gasteiger partial charge in [-0.3, -0.25) is 0 Å². The fourth-order valence-corrected chi connectivity index (χ4v) is 4.20. The molecule has 0 atom stereocenters. The lowest BCUT2D eigenvalue weighted by Gasteiger charge is -2.24. The topological polar surface area (TPSA) is 26.3 Å². The molecule has 120 valence electrons. The van der Waals surface area contributed by atoms with Crippen LogP contribution in [0.3, 0.4) is 0 Å². The van der Waals surface area contributed by atoms with Crippen molar-refractivity contribution >= 4 is 33.7 Å². The van der Waals surface area contributed by atoms with Gasteiger partial charge in [-0.2, -0.15) is 0 Å². The van der Waals surface area contributed by atoms with Crippen molar-refractivity contribution in [2.24, 2.45) is 0 Å². The molecule has 4 heteroatoms. The first-order chi connectivity index (χ1) is 11.2. The average Bonchev–Trinajstić information content (AvgIpc) is 2.60. The highest BCUT2D eigenvalue weighted by atomic mass is 79.9. The van der Waals surface area contributed by atoms with E-state index in [4.69, 9.17) is 4.74 Å². The molecule has 0 spiro atoms. The molecule has 0 heterocycles. The maximum Gasteiger partial charge on any atom is 0.339 e. The second-order valence-electron chi connectivity index (χ2n) is 5.66. The third kappa shape index (κ3) is 3.20. The van der Waals surface area contributed by atoms with Crippen molar-refractivity contribution in [3.63, 3.8) is 0 Å². The second-order valence-corrected chi connectivity index (χ2v) is 7.43. The molecule has 2 nitrogen and oxygen atoms in total. The summed E-state index contributed by atoms with van der Waals surface area (Å²) in [5, 5.41) is 0. The molecule has 0 unspecified atom stereocenters. The van der Waals surface area contributed by atoms with Crippen LogP contribution in [0.2, 0.25) is 0 Å². The molecule has 1 aliphatic rings.